The second-order valence-corrected chi connectivity index (χ2v) is 4.73. The maximum Gasteiger partial charge on any atom is 0.244 e. The summed E-state index contributed by atoms with van der Waals surface area (Å²) >= 11 is 0. The van der Waals surface area contributed by atoms with E-state index in [-0.39, 0.29) is 23.7 Å². The normalized spacial score (nSPS) is 19.9. The molecule has 3 nitrogen and oxygen atoms in total. The van der Waals surface area contributed by atoms with Crippen LogP contribution in [0.4, 0.5) is 14.5 Å². The highest BCUT2D eigenvalue weighted by atomic mass is 19.2. The van der Waals surface area contributed by atoms with E-state index in [1.54, 1.807) is 0 Å². The van der Waals surface area contributed by atoms with Gasteiger partial charge in [-0.3, -0.25) is 4.79 Å². The average molecular weight is 254 g/mol. The van der Waals surface area contributed by atoms with Gasteiger partial charge in [-0.2, -0.15) is 0 Å². The molecule has 0 aromatic heterocycles. The molecule has 1 aliphatic heterocycles. The largest absolute Gasteiger partial charge is 0.308 e. The van der Waals surface area contributed by atoms with E-state index in [0.717, 1.165) is 6.07 Å². The Morgan fingerprint density at radius 2 is 2.11 bits per heavy atom. The van der Waals surface area contributed by atoms with Gasteiger partial charge in [0.1, 0.15) is 0 Å². The number of carbonyl (C=O) groups is 1. The first-order chi connectivity index (χ1) is 8.50. The minimum Gasteiger partial charge on any atom is -0.308 e. The van der Waals surface area contributed by atoms with Gasteiger partial charge in [-0.05, 0) is 18.6 Å². The molecule has 1 atom stereocenters. The zero-order valence-corrected chi connectivity index (χ0v) is 10.4. The fourth-order valence-electron chi connectivity index (χ4n) is 2.18. The molecule has 98 valence electrons. The van der Waals surface area contributed by atoms with Crippen LogP contribution in [0, 0.1) is 11.6 Å². The van der Waals surface area contributed by atoms with Crippen molar-refractivity contribution in [1.29, 1.82) is 0 Å². The summed E-state index contributed by atoms with van der Waals surface area (Å²) in [5.74, 6) is -2.09. The Kier molecular flexibility index (Phi) is 3.61. The number of amides is 1. The van der Waals surface area contributed by atoms with E-state index in [4.69, 9.17) is 0 Å². The molecule has 1 aromatic rings. The van der Waals surface area contributed by atoms with Gasteiger partial charge >= 0.3 is 0 Å². The molecule has 0 radical (unpaired) electrons. The molecule has 0 spiro atoms. The minimum atomic E-state index is -0.962. The van der Waals surface area contributed by atoms with Crippen LogP contribution in [0.3, 0.4) is 0 Å². The van der Waals surface area contributed by atoms with Crippen molar-refractivity contribution in [2.75, 3.05) is 11.4 Å². The number of halogens is 2. The first kappa shape index (κ1) is 13.0. The van der Waals surface area contributed by atoms with Crippen molar-refractivity contribution in [3.63, 3.8) is 0 Å². The van der Waals surface area contributed by atoms with Gasteiger partial charge in [-0.1, -0.05) is 19.9 Å². The zero-order chi connectivity index (χ0) is 13.3. The lowest BCUT2D eigenvalue weighted by Crippen LogP contribution is -2.41. The molecule has 1 saturated heterocycles. The van der Waals surface area contributed by atoms with Gasteiger partial charge < -0.3 is 10.2 Å². The van der Waals surface area contributed by atoms with Crippen molar-refractivity contribution in [2.45, 2.75) is 32.4 Å². The van der Waals surface area contributed by atoms with Gasteiger partial charge in [0, 0.05) is 12.6 Å². The summed E-state index contributed by atoms with van der Waals surface area (Å²) in [6, 6.07) is 3.74. The summed E-state index contributed by atoms with van der Waals surface area (Å²) in [5.41, 5.74) is 0.0213. The van der Waals surface area contributed by atoms with Crippen LogP contribution in [0.1, 0.15) is 20.3 Å². The van der Waals surface area contributed by atoms with E-state index in [1.807, 2.05) is 13.8 Å². The van der Waals surface area contributed by atoms with Crippen LogP contribution in [-0.4, -0.2) is 24.5 Å². The van der Waals surface area contributed by atoms with E-state index < -0.39 is 11.6 Å². The van der Waals surface area contributed by atoms with Crippen LogP contribution < -0.4 is 10.2 Å². The van der Waals surface area contributed by atoms with Gasteiger partial charge in [-0.15, -0.1) is 0 Å². The fraction of sp³-hybridized carbons (Fsp3) is 0.462. The monoisotopic (exact) mass is 254 g/mol. The molecule has 2 rings (SSSR count). The van der Waals surface area contributed by atoms with Crippen LogP contribution in [0.25, 0.3) is 0 Å². The molecule has 18 heavy (non-hydrogen) atoms. The number of nitrogens with one attached hydrogen (secondary N) is 1. The van der Waals surface area contributed by atoms with Crippen molar-refractivity contribution >= 4 is 11.6 Å². The Morgan fingerprint density at radius 3 is 2.78 bits per heavy atom. The number of benzene rings is 1. The molecule has 0 bridgehead atoms. The predicted molar refractivity (Wildman–Crippen MR) is 65.4 cm³/mol. The quantitative estimate of drug-likeness (QED) is 0.895. The van der Waals surface area contributed by atoms with Crippen molar-refractivity contribution in [3.05, 3.63) is 29.8 Å². The summed E-state index contributed by atoms with van der Waals surface area (Å²) < 4.78 is 26.8. The standard InChI is InChI=1S/C13H16F2N2O/c1-8(2)16-10-6-7-17(13(10)18)11-5-3-4-9(14)12(11)15/h3-5,8,10,16H,6-7H2,1-2H3. The van der Waals surface area contributed by atoms with E-state index in [0.29, 0.717) is 13.0 Å². The summed E-state index contributed by atoms with van der Waals surface area (Å²) in [7, 11) is 0. The molecule has 1 aliphatic rings. The van der Waals surface area contributed by atoms with E-state index in [2.05, 4.69) is 5.32 Å². The Morgan fingerprint density at radius 1 is 1.39 bits per heavy atom. The molecule has 1 heterocycles. The molecule has 1 fully saturated rings. The third-order valence-corrected chi connectivity index (χ3v) is 2.96. The van der Waals surface area contributed by atoms with Crippen LogP contribution in [0.15, 0.2) is 18.2 Å². The Balaban J connectivity index is 2.21. The van der Waals surface area contributed by atoms with Crippen molar-refractivity contribution in [1.82, 2.24) is 5.32 Å². The fourth-order valence-corrected chi connectivity index (χ4v) is 2.18. The second kappa shape index (κ2) is 5.02. The van der Waals surface area contributed by atoms with Crippen molar-refractivity contribution in [2.24, 2.45) is 0 Å². The first-order valence-electron chi connectivity index (χ1n) is 6.02. The van der Waals surface area contributed by atoms with Gasteiger partial charge in [0.05, 0.1) is 11.7 Å². The summed E-state index contributed by atoms with van der Waals surface area (Å²) in [5, 5.41) is 3.12. The molecule has 1 aromatic carbocycles. The zero-order valence-electron chi connectivity index (χ0n) is 10.4. The highest BCUT2D eigenvalue weighted by molar-refractivity contribution is 5.99. The van der Waals surface area contributed by atoms with Gasteiger partial charge in [-0.25, -0.2) is 8.78 Å². The summed E-state index contributed by atoms with van der Waals surface area (Å²) in [4.78, 5) is 13.4. The van der Waals surface area contributed by atoms with Crippen LogP contribution in [-0.2, 0) is 4.79 Å². The van der Waals surface area contributed by atoms with Gasteiger partial charge in [0.25, 0.3) is 0 Å². The maximum absolute atomic E-state index is 13.6. The van der Waals surface area contributed by atoms with Gasteiger partial charge in [0.15, 0.2) is 11.6 Å². The second-order valence-electron chi connectivity index (χ2n) is 4.73. The number of nitrogens with zero attached hydrogens (tertiary/aromatic N) is 1. The molecular formula is C13H16F2N2O. The molecule has 1 unspecified atom stereocenters. The Hall–Kier alpha value is -1.49. The van der Waals surface area contributed by atoms with Crippen LogP contribution in [0.5, 0.6) is 0 Å². The van der Waals surface area contributed by atoms with Crippen molar-refractivity contribution in [3.8, 4) is 0 Å². The predicted octanol–water partition coefficient (Wildman–Crippen LogP) is 2.07. The Labute approximate surface area is 105 Å². The summed E-state index contributed by atoms with van der Waals surface area (Å²) in [6.45, 7) is 4.29. The summed E-state index contributed by atoms with van der Waals surface area (Å²) in [6.07, 6.45) is 0.604. The lowest BCUT2D eigenvalue weighted by atomic mass is 10.2. The molecule has 0 saturated carbocycles. The van der Waals surface area contributed by atoms with Gasteiger partial charge in [0.2, 0.25) is 5.91 Å². The number of hydrogen-bond acceptors (Lipinski definition) is 2. The number of rotatable bonds is 3. The number of anilines is 1. The maximum atomic E-state index is 13.6. The molecule has 5 heteroatoms. The molecule has 0 aliphatic carbocycles. The van der Waals surface area contributed by atoms with Crippen LogP contribution in [0.2, 0.25) is 0 Å². The van der Waals surface area contributed by atoms with Crippen LogP contribution >= 0.6 is 0 Å². The smallest absolute Gasteiger partial charge is 0.244 e. The number of hydrogen-bond donors (Lipinski definition) is 1. The lowest BCUT2D eigenvalue weighted by molar-refractivity contribution is -0.119. The van der Waals surface area contributed by atoms with Crippen molar-refractivity contribution < 1.29 is 13.6 Å². The third kappa shape index (κ3) is 2.36. The topological polar surface area (TPSA) is 32.3 Å². The molecule has 1 amide bonds. The lowest BCUT2D eigenvalue weighted by Gasteiger charge is -2.19. The SMILES string of the molecule is CC(C)NC1CCN(c2cccc(F)c2F)C1=O. The van der Waals surface area contributed by atoms with E-state index in [9.17, 15) is 13.6 Å². The van der Waals surface area contributed by atoms with E-state index >= 15 is 0 Å². The highest BCUT2D eigenvalue weighted by Gasteiger charge is 2.34. The third-order valence-electron chi connectivity index (χ3n) is 2.96. The highest BCUT2D eigenvalue weighted by Crippen LogP contribution is 2.26. The first-order valence-corrected chi connectivity index (χ1v) is 6.02. The Bertz CT molecular complexity index is 462. The molecular weight excluding hydrogens is 238 g/mol. The molecule has 1 N–H and O–H groups in total. The van der Waals surface area contributed by atoms with E-state index in [1.165, 1.54) is 17.0 Å². The average Bonchev–Trinajstić information content (AvgIpc) is 2.64. The minimum absolute atomic E-state index is 0.0213. The number of carbonyl (C=O) groups excluding carboxylic acids is 1.